The molecule has 0 atom stereocenters. The van der Waals surface area contributed by atoms with Crippen molar-refractivity contribution in [2.75, 3.05) is 13.7 Å². The standard InChI is InChI=1S/C12H13NO2/c1-15-6-5-9-3-2-4-10-7-11(14)8-13-12(9)10/h2-4,7-8,14H,5-6H2,1H3. The maximum Gasteiger partial charge on any atom is 0.134 e. The van der Waals surface area contributed by atoms with Gasteiger partial charge in [-0.3, -0.25) is 4.98 Å². The van der Waals surface area contributed by atoms with Gasteiger partial charge in [0.1, 0.15) is 5.75 Å². The highest BCUT2D eigenvalue weighted by molar-refractivity contribution is 5.82. The van der Waals surface area contributed by atoms with Crippen LogP contribution < -0.4 is 0 Å². The molecule has 0 fully saturated rings. The lowest BCUT2D eigenvalue weighted by Crippen LogP contribution is -1.96. The van der Waals surface area contributed by atoms with Gasteiger partial charge in [0.15, 0.2) is 0 Å². The summed E-state index contributed by atoms with van der Waals surface area (Å²) in [7, 11) is 1.68. The van der Waals surface area contributed by atoms with Crippen molar-refractivity contribution in [2.45, 2.75) is 6.42 Å². The first-order chi connectivity index (χ1) is 7.31. The number of methoxy groups -OCH3 is 1. The molecule has 1 heterocycles. The van der Waals surface area contributed by atoms with Crippen LogP contribution in [0.25, 0.3) is 10.9 Å². The fourth-order valence-corrected chi connectivity index (χ4v) is 1.63. The molecule has 15 heavy (non-hydrogen) atoms. The third-order valence-electron chi connectivity index (χ3n) is 2.36. The first-order valence-electron chi connectivity index (χ1n) is 4.87. The minimum absolute atomic E-state index is 0.200. The second-order valence-electron chi connectivity index (χ2n) is 3.43. The summed E-state index contributed by atoms with van der Waals surface area (Å²) in [5.74, 6) is 0.200. The quantitative estimate of drug-likeness (QED) is 0.830. The summed E-state index contributed by atoms with van der Waals surface area (Å²) < 4.78 is 5.04. The third-order valence-corrected chi connectivity index (χ3v) is 2.36. The van der Waals surface area contributed by atoms with E-state index in [1.54, 1.807) is 13.2 Å². The van der Waals surface area contributed by atoms with Crippen molar-refractivity contribution < 1.29 is 9.84 Å². The number of pyridine rings is 1. The topological polar surface area (TPSA) is 42.4 Å². The molecule has 0 aliphatic carbocycles. The SMILES string of the molecule is COCCc1cccc2cc(O)cnc12. The van der Waals surface area contributed by atoms with Crippen LogP contribution in [-0.2, 0) is 11.2 Å². The normalized spacial score (nSPS) is 10.7. The number of aromatic hydroxyl groups is 1. The number of hydrogen-bond acceptors (Lipinski definition) is 3. The molecular formula is C12H13NO2. The predicted molar refractivity (Wildman–Crippen MR) is 59.0 cm³/mol. The van der Waals surface area contributed by atoms with Crippen molar-refractivity contribution in [2.24, 2.45) is 0 Å². The molecule has 0 radical (unpaired) electrons. The van der Waals surface area contributed by atoms with Crippen LogP contribution in [0.3, 0.4) is 0 Å². The van der Waals surface area contributed by atoms with E-state index in [0.717, 1.165) is 22.9 Å². The molecule has 1 N–H and O–H groups in total. The summed E-state index contributed by atoms with van der Waals surface area (Å²) >= 11 is 0. The summed E-state index contributed by atoms with van der Waals surface area (Å²) in [5, 5.41) is 10.3. The molecule has 78 valence electrons. The fraction of sp³-hybridized carbons (Fsp3) is 0.250. The zero-order valence-electron chi connectivity index (χ0n) is 8.60. The van der Waals surface area contributed by atoms with Crippen LogP contribution in [0.5, 0.6) is 5.75 Å². The minimum Gasteiger partial charge on any atom is -0.506 e. The van der Waals surface area contributed by atoms with Crippen molar-refractivity contribution in [3.05, 3.63) is 36.0 Å². The Morgan fingerprint density at radius 3 is 3.07 bits per heavy atom. The van der Waals surface area contributed by atoms with Crippen LogP contribution in [0.15, 0.2) is 30.5 Å². The number of benzene rings is 1. The smallest absolute Gasteiger partial charge is 0.134 e. The molecule has 3 nitrogen and oxygen atoms in total. The first-order valence-corrected chi connectivity index (χ1v) is 4.87. The van der Waals surface area contributed by atoms with Gasteiger partial charge in [0.2, 0.25) is 0 Å². The molecule has 0 aliphatic heterocycles. The Bertz CT molecular complexity index is 468. The van der Waals surface area contributed by atoms with Gasteiger partial charge in [0.05, 0.1) is 18.3 Å². The Morgan fingerprint density at radius 2 is 2.27 bits per heavy atom. The van der Waals surface area contributed by atoms with E-state index in [0.29, 0.717) is 6.61 Å². The largest absolute Gasteiger partial charge is 0.506 e. The maximum absolute atomic E-state index is 9.31. The van der Waals surface area contributed by atoms with Gasteiger partial charge in [-0.2, -0.15) is 0 Å². The van der Waals surface area contributed by atoms with Crippen LogP contribution >= 0.6 is 0 Å². The molecule has 1 aromatic carbocycles. The highest BCUT2D eigenvalue weighted by Crippen LogP contribution is 2.20. The Hall–Kier alpha value is -1.61. The Balaban J connectivity index is 2.46. The van der Waals surface area contributed by atoms with Crippen LogP contribution in [0.1, 0.15) is 5.56 Å². The summed E-state index contributed by atoms with van der Waals surface area (Å²) in [5.41, 5.74) is 2.08. The number of fused-ring (bicyclic) bond motifs is 1. The lowest BCUT2D eigenvalue weighted by molar-refractivity contribution is 0.202. The average molecular weight is 203 g/mol. The summed E-state index contributed by atoms with van der Waals surface area (Å²) in [6.45, 7) is 0.682. The molecule has 1 aromatic heterocycles. The van der Waals surface area contributed by atoms with Crippen molar-refractivity contribution >= 4 is 10.9 Å². The highest BCUT2D eigenvalue weighted by Gasteiger charge is 2.02. The van der Waals surface area contributed by atoms with Gasteiger partial charge in [-0.15, -0.1) is 0 Å². The van der Waals surface area contributed by atoms with Crippen molar-refractivity contribution in [1.29, 1.82) is 0 Å². The summed E-state index contributed by atoms with van der Waals surface area (Å²) in [4.78, 5) is 4.23. The van der Waals surface area contributed by atoms with Gasteiger partial charge in [-0.1, -0.05) is 18.2 Å². The summed E-state index contributed by atoms with van der Waals surface area (Å²) in [6, 6.07) is 7.66. The van der Waals surface area contributed by atoms with E-state index in [-0.39, 0.29) is 5.75 Å². The van der Waals surface area contributed by atoms with Gasteiger partial charge in [0, 0.05) is 12.5 Å². The molecule has 3 heteroatoms. The average Bonchev–Trinajstić information content (AvgIpc) is 2.25. The lowest BCUT2D eigenvalue weighted by atomic mass is 10.1. The molecule has 2 rings (SSSR count). The Morgan fingerprint density at radius 1 is 1.40 bits per heavy atom. The number of para-hydroxylation sites is 1. The number of rotatable bonds is 3. The molecular weight excluding hydrogens is 190 g/mol. The zero-order chi connectivity index (χ0) is 10.7. The van der Waals surface area contributed by atoms with Gasteiger partial charge < -0.3 is 9.84 Å². The third kappa shape index (κ3) is 2.07. The van der Waals surface area contributed by atoms with Crippen LogP contribution in [-0.4, -0.2) is 23.8 Å². The lowest BCUT2D eigenvalue weighted by Gasteiger charge is -2.05. The van der Waals surface area contributed by atoms with E-state index in [1.807, 2.05) is 18.2 Å². The fourth-order valence-electron chi connectivity index (χ4n) is 1.63. The molecule has 0 spiro atoms. The van der Waals surface area contributed by atoms with Gasteiger partial charge in [-0.05, 0) is 18.1 Å². The van der Waals surface area contributed by atoms with E-state index >= 15 is 0 Å². The minimum atomic E-state index is 0.200. The van der Waals surface area contributed by atoms with Gasteiger partial charge in [0.25, 0.3) is 0 Å². The van der Waals surface area contributed by atoms with E-state index in [2.05, 4.69) is 4.98 Å². The van der Waals surface area contributed by atoms with Gasteiger partial charge >= 0.3 is 0 Å². The van der Waals surface area contributed by atoms with Crippen LogP contribution in [0, 0.1) is 0 Å². The number of ether oxygens (including phenoxy) is 1. The van der Waals surface area contributed by atoms with E-state index in [4.69, 9.17) is 4.74 Å². The molecule has 2 aromatic rings. The zero-order valence-corrected chi connectivity index (χ0v) is 8.60. The van der Waals surface area contributed by atoms with E-state index < -0.39 is 0 Å². The number of nitrogens with zero attached hydrogens (tertiary/aromatic N) is 1. The second kappa shape index (κ2) is 4.28. The van der Waals surface area contributed by atoms with Crippen molar-refractivity contribution in [3.8, 4) is 5.75 Å². The molecule has 0 amide bonds. The van der Waals surface area contributed by atoms with Crippen molar-refractivity contribution in [3.63, 3.8) is 0 Å². The molecule has 0 saturated heterocycles. The van der Waals surface area contributed by atoms with Gasteiger partial charge in [-0.25, -0.2) is 0 Å². The first kappa shape index (κ1) is 9.93. The van der Waals surface area contributed by atoms with E-state index in [9.17, 15) is 5.11 Å². The number of aromatic nitrogens is 1. The Labute approximate surface area is 88.3 Å². The number of hydrogen-bond donors (Lipinski definition) is 1. The predicted octanol–water partition coefficient (Wildman–Crippen LogP) is 2.13. The molecule has 0 saturated carbocycles. The molecule has 0 aliphatic rings. The highest BCUT2D eigenvalue weighted by atomic mass is 16.5. The van der Waals surface area contributed by atoms with E-state index in [1.165, 1.54) is 6.20 Å². The van der Waals surface area contributed by atoms with Crippen LogP contribution in [0.4, 0.5) is 0 Å². The monoisotopic (exact) mass is 203 g/mol. The molecule has 0 unspecified atom stereocenters. The molecule has 0 bridgehead atoms. The maximum atomic E-state index is 9.31. The van der Waals surface area contributed by atoms with Crippen LogP contribution in [0.2, 0.25) is 0 Å². The van der Waals surface area contributed by atoms with Crippen molar-refractivity contribution in [1.82, 2.24) is 4.98 Å². The second-order valence-corrected chi connectivity index (χ2v) is 3.43. The Kier molecular flexibility index (Phi) is 2.83. The summed E-state index contributed by atoms with van der Waals surface area (Å²) in [6.07, 6.45) is 2.31.